The van der Waals surface area contributed by atoms with Gasteiger partial charge in [0.25, 0.3) is 0 Å². The molecule has 4 heteroatoms. The lowest BCUT2D eigenvalue weighted by Gasteiger charge is -2.35. The SMILES string of the molecule is O=C1OC[C@@H]2CCN(C3CCCC3)Cc3ccccc3N12. The topological polar surface area (TPSA) is 32.8 Å². The first kappa shape index (κ1) is 13.1. The van der Waals surface area contributed by atoms with Gasteiger partial charge in [-0.05, 0) is 30.9 Å². The van der Waals surface area contributed by atoms with E-state index in [1.807, 2.05) is 11.0 Å². The molecule has 112 valence electrons. The Morgan fingerprint density at radius 2 is 1.86 bits per heavy atom. The number of fused-ring (bicyclic) bond motifs is 3. The molecule has 3 aliphatic rings. The van der Waals surface area contributed by atoms with Gasteiger partial charge in [-0.1, -0.05) is 31.0 Å². The highest BCUT2D eigenvalue weighted by atomic mass is 16.6. The van der Waals surface area contributed by atoms with Crippen LogP contribution >= 0.6 is 0 Å². The van der Waals surface area contributed by atoms with Crippen LogP contribution in [0.4, 0.5) is 10.5 Å². The molecule has 1 aromatic rings. The number of carbonyl (C=O) groups excluding carboxylic acids is 1. The van der Waals surface area contributed by atoms with Crippen molar-refractivity contribution >= 4 is 11.8 Å². The Kier molecular flexibility index (Phi) is 3.34. The number of hydrogen-bond acceptors (Lipinski definition) is 3. The van der Waals surface area contributed by atoms with Crippen molar-refractivity contribution in [3.05, 3.63) is 29.8 Å². The second-order valence-corrected chi connectivity index (χ2v) is 6.43. The first-order valence-electron chi connectivity index (χ1n) is 8.11. The van der Waals surface area contributed by atoms with Crippen LogP contribution < -0.4 is 4.90 Å². The van der Waals surface area contributed by atoms with Gasteiger partial charge in [0.1, 0.15) is 6.61 Å². The van der Waals surface area contributed by atoms with Crippen molar-refractivity contribution in [3.63, 3.8) is 0 Å². The number of nitrogens with zero attached hydrogens (tertiary/aromatic N) is 2. The van der Waals surface area contributed by atoms with Gasteiger partial charge < -0.3 is 4.74 Å². The zero-order valence-electron chi connectivity index (χ0n) is 12.3. The van der Waals surface area contributed by atoms with Crippen molar-refractivity contribution in [2.24, 2.45) is 0 Å². The smallest absolute Gasteiger partial charge is 0.414 e. The highest BCUT2D eigenvalue weighted by Gasteiger charge is 2.37. The molecule has 1 aromatic carbocycles. The predicted molar refractivity (Wildman–Crippen MR) is 81.3 cm³/mol. The third-order valence-electron chi connectivity index (χ3n) is 5.18. The minimum absolute atomic E-state index is 0.179. The molecule has 21 heavy (non-hydrogen) atoms. The largest absolute Gasteiger partial charge is 0.447 e. The van der Waals surface area contributed by atoms with E-state index in [0.29, 0.717) is 6.61 Å². The summed E-state index contributed by atoms with van der Waals surface area (Å²) in [5, 5.41) is 0. The number of ether oxygens (including phenoxy) is 1. The Morgan fingerprint density at radius 1 is 1.05 bits per heavy atom. The van der Waals surface area contributed by atoms with Gasteiger partial charge in [-0.25, -0.2) is 4.79 Å². The third-order valence-corrected chi connectivity index (χ3v) is 5.18. The van der Waals surface area contributed by atoms with Gasteiger partial charge in [0, 0.05) is 19.1 Å². The average Bonchev–Trinajstić information content (AvgIpc) is 3.11. The minimum atomic E-state index is -0.179. The zero-order chi connectivity index (χ0) is 14.2. The minimum Gasteiger partial charge on any atom is -0.447 e. The molecular formula is C17H22N2O2. The average molecular weight is 286 g/mol. The summed E-state index contributed by atoms with van der Waals surface area (Å²) in [4.78, 5) is 16.6. The Bertz CT molecular complexity index is 539. The second-order valence-electron chi connectivity index (χ2n) is 6.43. The zero-order valence-corrected chi connectivity index (χ0v) is 12.3. The Balaban J connectivity index is 1.68. The van der Waals surface area contributed by atoms with Gasteiger partial charge in [-0.15, -0.1) is 0 Å². The molecule has 0 N–H and O–H groups in total. The van der Waals surface area contributed by atoms with E-state index in [0.717, 1.165) is 31.2 Å². The van der Waals surface area contributed by atoms with Gasteiger partial charge in [-0.3, -0.25) is 9.80 Å². The second kappa shape index (κ2) is 5.34. The van der Waals surface area contributed by atoms with Crippen molar-refractivity contribution in [1.29, 1.82) is 0 Å². The van der Waals surface area contributed by atoms with Crippen LogP contribution in [0.2, 0.25) is 0 Å². The molecule has 0 spiro atoms. The lowest BCUT2D eigenvalue weighted by atomic mass is 10.0. The summed E-state index contributed by atoms with van der Waals surface area (Å²) < 4.78 is 5.30. The van der Waals surface area contributed by atoms with Crippen LogP contribution in [0, 0.1) is 0 Å². The first-order valence-corrected chi connectivity index (χ1v) is 8.11. The highest BCUT2D eigenvalue weighted by Crippen LogP contribution is 2.34. The summed E-state index contributed by atoms with van der Waals surface area (Å²) in [6.07, 6.45) is 6.20. The number of cyclic esters (lactones) is 1. The van der Waals surface area contributed by atoms with Crippen LogP contribution in [0.5, 0.6) is 0 Å². The summed E-state index contributed by atoms with van der Waals surface area (Å²) in [5.41, 5.74) is 2.31. The molecule has 1 aliphatic carbocycles. The van der Waals surface area contributed by atoms with Crippen LogP contribution in [0.3, 0.4) is 0 Å². The fourth-order valence-corrected chi connectivity index (χ4v) is 4.04. The molecule has 1 saturated carbocycles. The van der Waals surface area contributed by atoms with E-state index in [1.54, 1.807) is 0 Å². The maximum atomic E-state index is 12.1. The van der Waals surface area contributed by atoms with Gasteiger partial charge >= 0.3 is 6.09 Å². The van der Waals surface area contributed by atoms with E-state index in [-0.39, 0.29) is 12.1 Å². The predicted octanol–water partition coefficient (Wildman–Crippen LogP) is 3.16. The summed E-state index contributed by atoms with van der Waals surface area (Å²) in [5.74, 6) is 0. The van der Waals surface area contributed by atoms with Crippen molar-refractivity contribution in [2.75, 3.05) is 18.1 Å². The molecule has 4 nitrogen and oxygen atoms in total. The van der Waals surface area contributed by atoms with Crippen LogP contribution in [-0.4, -0.2) is 36.2 Å². The lowest BCUT2D eigenvalue weighted by Crippen LogP contribution is -2.42. The fraction of sp³-hybridized carbons (Fsp3) is 0.588. The van der Waals surface area contributed by atoms with Crippen molar-refractivity contribution in [1.82, 2.24) is 4.90 Å². The van der Waals surface area contributed by atoms with Crippen LogP contribution in [-0.2, 0) is 11.3 Å². The molecule has 1 saturated heterocycles. The maximum absolute atomic E-state index is 12.1. The van der Waals surface area contributed by atoms with Crippen molar-refractivity contribution in [3.8, 4) is 0 Å². The number of anilines is 1. The maximum Gasteiger partial charge on any atom is 0.414 e. The molecular weight excluding hydrogens is 264 g/mol. The van der Waals surface area contributed by atoms with Gasteiger partial charge in [0.2, 0.25) is 0 Å². The van der Waals surface area contributed by atoms with E-state index in [2.05, 4.69) is 23.1 Å². The molecule has 0 unspecified atom stereocenters. The normalized spacial score (nSPS) is 27.0. The monoisotopic (exact) mass is 286 g/mol. The summed E-state index contributed by atoms with van der Waals surface area (Å²) in [7, 11) is 0. The van der Waals surface area contributed by atoms with E-state index in [4.69, 9.17) is 4.74 Å². The van der Waals surface area contributed by atoms with Crippen molar-refractivity contribution in [2.45, 2.75) is 50.7 Å². The number of benzene rings is 1. The summed E-state index contributed by atoms with van der Waals surface area (Å²) in [6.45, 7) is 2.56. The molecule has 1 amide bonds. The number of hydrogen-bond donors (Lipinski definition) is 0. The Morgan fingerprint density at radius 3 is 2.71 bits per heavy atom. The van der Waals surface area contributed by atoms with Gasteiger partial charge in [0.05, 0.1) is 11.7 Å². The number of rotatable bonds is 1. The molecule has 2 aliphatic heterocycles. The highest BCUT2D eigenvalue weighted by molar-refractivity contribution is 5.91. The van der Waals surface area contributed by atoms with Crippen LogP contribution in [0.15, 0.2) is 24.3 Å². The quantitative estimate of drug-likeness (QED) is 0.795. The Labute approximate surface area is 125 Å². The number of para-hydroxylation sites is 1. The van der Waals surface area contributed by atoms with Crippen LogP contribution in [0.1, 0.15) is 37.7 Å². The number of amides is 1. The summed E-state index contributed by atoms with van der Waals surface area (Å²) >= 11 is 0. The number of carbonyl (C=O) groups is 1. The first-order chi connectivity index (χ1) is 10.3. The molecule has 2 heterocycles. The van der Waals surface area contributed by atoms with Crippen LogP contribution in [0.25, 0.3) is 0 Å². The van der Waals surface area contributed by atoms with Gasteiger partial charge in [-0.2, -0.15) is 0 Å². The molecule has 0 radical (unpaired) electrons. The van der Waals surface area contributed by atoms with Gasteiger partial charge in [0.15, 0.2) is 0 Å². The van der Waals surface area contributed by atoms with E-state index >= 15 is 0 Å². The van der Waals surface area contributed by atoms with E-state index < -0.39 is 0 Å². The summed E-state index contributed by atoms with van der Waals surface area (Å²) in [6, 6.07) is 9.23. The molecule has 4 rings (SSSR count). The fourth-order valence-electron chi connectivity index (χ4n) is 4.04. The third kappa shape index (κ3) is 2.31. The van der Waals surface area contributed by atoms with Crippen molar-refractivity contribution < 1.29 is 9.53 Å². The molecule has 0 aromatic heterocycles. The molecule has 1 atom stereocenters. The van der Waals surface area contributed by atoms with E-state index in [9.17, 15) is 4.79 Å². The standard InChI is InChI=1S/C17H22N2O2/c20-17-19-15(12-21-17)9-10-18(14-6-2-3-7-14)11-13-5-1-4-8-16(13)19/h1,4-5,8,14-15H,2-3,6-7,9-12H2/t15-/m0/s1. The lowest BCUT2D eigenvalue weighted by molar-refractivity contribution is 0.170. The van der Waals surface area contributed by atoms with E-state index in [1.165, 1.54) is 31.2 Å². The molecule has 2 fully saturated rings. The Hall–Kier alpha value is -1.55. The molecule has 0 bridgehead atoms.